The second kappa shape index (κ2) is 5.47. The summed E-state index contributed by atoms with van der Waals surface area (Å²) in [5.74, 6) is 0.231. The summed E-state index contributed by atoms with van der Waals surface area (Å²) in [6, 6.07) is 0.346. The van der Waals surface area contributed by atoms with Crippen molar-refractivity contribution in [3.05, 3.63) is 0 Å². The van der Waals surface area contributed by atoms with E-state index in [0.29, 0.717) is 12.6 Å². The van der Waals surface area contributed by atoms with Crippen molar-refractivity contribution in [2.24, 2.45) is 5.41 Å². The number of carbonyl (C=O) groups excluding carboxylic acids is 1. The number of ether oxygens (including phenoxy) is 1. The molecule has 0 saturated carbocycles. The lowest BCUT2D eigenvalue weighted by Crippen LogP contribution is -2.42. The van der Waals surface area contributed by atoms with E-state index in [9.17, 15) is 4.79 Å². The van der Waals surface area contributed by atoms with Crippen LogP contribution in [0.2, 0.25) is 0 Å². The van der Waals surface area contributed by atoms with E-state index in [4.69, 9.17) is 4.74 Å². The first-order chi connectivity index (χ1) is 6.31. The monoisotopic (exact) mass is 201 g/mol. The molecule has 0 fully saturated rings. The SMILES string of the molecule is COCC(C)N(C)CC(C)(C)C(C)=O. The van der Waals surface area contributed by atoms with E-state index in [-0.39, 0.29) is 11.2 Å². The van der Waals surface area contributed by atoms with Crippen molar-refractivity contribution in [2.45, 2.75) is 33.7 Å². The van der Waals surface area contributed by atoms with Crippen molar-refractivity contribution in [2.75, 3.05) is 27.3 Å². The Morgan fingerprint density at radius 2 is 2.00 bits per heavy atom. The maximum absolute atomic E-state index is 11.3. The zero-order chi connectivity index (χ0) is 11.4. The molecule has 0 amide bonds. The van der Waals surface area contributed by atoms with E-state index in [2.05, 4.69) is 11.8 Å². The molecule has 1 unspecified atom stereocenters. The van der Waals surface area contributed by atoms with E-state index < -0.39 is 0 Å². The third kappa shape index (κ3) is 4.20. The minimum absolute atomic E-state index is 0.231. The molecule has 0 aliphatic rings. The number of rotatable bonds is 6. The molecule has 0 aromatic carbocycles. The van der Waals surface area contributed by atoms with Gasteiger partial charge in [-0.15, -0.1) is 0 Å². The summed E-state index contributed by atoms with van der Waals surface area (Å²) in [7, 11) is 3.72. The average Bonchev–Trinajstić information content (AvgIpc) is 2.03. The topological polar surface area (TPSA) is 29.5 Å². The summed E-state index contributed by atoms with van der Waals surface area (Å²) in [4.78, 5) is 13.5. The van der Waals surface area contributed by atoms with Crippen LogP contribution in [-0.2, 0) is 9.53 Å². The molecule has 0 saturated heterocycles. The summed E-state index contributed by atoms with van der Waals surface area (Å²) in [5, 5.41) is 0. The fraction of sp³-hybridized carbons (Fsp3) is 0.909. The Kier molecular flexibility index (Phi) is 5.31. The third-order valence-electron chi connectivity index (χ3n) is 2.76. The highest BCUT2D eigenvalue weighted by molar-refractivity contribution is 5.81. The molecule has 1 atom stereocenters. The zero-order valence-corrected chi connectivity index (χ0v) is 10.3. The highest BCUT2D eigenvalue weighted by Crippen LogP contribution is 2.18. The van der Waals surface area contributed by atoms with Crippen molar-refractivity contribution in [3.63, 3.8) is 0 Å². The Balaban J connectivity index is 4.16. The molecule has 0 aliphatic heterocycles. The fourth-order valence-corrected chi connectivity index (χ4v) is 1.26. The molecule has 0 radical (unpaired) electrons. The number of hydrogen-bond donors (Lipinski definition) is 0. The van der Waals surface area contributed by atoms with Crippen molar-refractivity contribution in [1.82, 2.24) is 4.90 Å². The quantitative estimate of drug-likeness (QED) is 0.653. The maximum atomic E-state index is 11.3. The lowest BCUT2D eigenvalue weighted by molar-refractivity contribution is -0.126. The lowest BCUT2D eigenvalue weighted by atomic mass is 9.88. The lowest BCUT2D eigenvalue weighted by Gasteiger charge is -2.31. The smallest absolute Gasteiger partial charge is 0.136 e. The minimum atomic E-state index is -0.267. The molecule has 84 valence electrons. The van der Waals surface area contributed by atoms with Crippen LogP contribution in [0.5, 0.6) is 0 Å². The molecular weight excluding hydrogens is 178 g/mol. The first-order valence-corrected chi connectivity index (χ1v) is 5.01. The van der Waals surface area contributed by atoms with Gasteiger partial charge in [-0.3, -0.25) is 4.79 Å². The molecule has 3 nitrogen and oxygen atoms in total. The Hall–Kier alpha value is -0.410. The van der Waals surface area contributed by atoms with Crippen LogP contribution in [0.1, 0.15) is 27.7 Å². The van der Waals surface area contributed by atoms with Crippen LogP contribution in [0, 0.1) is 5.41 Å². The van der Waals surface area contributed by atoms with Crippen LogP contribution in [0.3, 0.4) is 0 Å². The maximum Gasteiger partial charge on any atom is 0.136 e. The molecule has 0 heterocycles. The minimum Gasteiger partial charge on any atom is -0.383 e. The predicted molar refractivity (Wildman–Crippen MR) is 58.4 cm³/mol. The highest BCUT2D eigenvalue weighted by atomic mass is 16.5. The molecule has 0 aromatic rings. The van der Waals surface area contributed by atoms with Crippen LogP contribution < -0.4 is 0 Å². The molecule has 0 aliphatic carbocycles. The van der Waals surface area contributed by atoms with E-state index in [1.54, 1.807) is 14.0 Å². The van der Waals surface area contributed by atoms with Crippen molar-refractivity contribution < 1.29 is 9.53 Å². The summed E-state index contributed by atoms with van der Waals surface area (Å²) >= 11 is 0. The molecular formula is C11H23NO2. The molecule has 3 heteroatoms. The Morgan fingerprint density at radius 1 is 1.50 bits per heavy atom. The van der Waals surface area contributed by atoms with E-state index in [1.807, 2.05) is 20.9 Å². The molecule has 0 N–H and O–H groups in total. The van der Waals surface area contributed by atoms with Gasteiger partial charge in [0.2, 0.25) is 0 Å². The average molecular weight is 201 g/mol. The first kappa shape index (κ1) is 13.6. The van der Waals surface area contributed by atoms with Crippen molar-refractivity contribution in [1.29, 1.82) is 0 Å². The normalized spacial score (nSPS) is 14.5. The van der Waals surface area contributed by atoms with Crippen LogP contribution >= 0.6 is 0 Å². The van der Waals surface area contributed by atoms with Gasteiger partial charge in [0.1, 0.15) is 5.78 Å². The van der Waals surface area contributed by atoms with Gasteiger partial charge in [0.25, 0.3) is 0 Å². The van der Waals surface area contributed by atoms with Gasteiger partial charge in [-0.2, -0.15) is 0 Å². The Bertz CT molecular complexity index is 190. The summed E-state index contributed by atoms with van der Waals surface area (Å²) in [6.45, 7) is 9.17. The second-order valence-electron chi connectivity index (χ2n) is 4.66. The van der Waals surface area contributed by atoms with Crippen LogP contribution in [-0.4, -0.2) is 44.0 Å². The van der Waals surface area contributed by atoms with Gasteiger partial charge in [0.15, 0.2) is 0 Å². The molecule has 0 aromatic heterocycles. The Labute approximate surface area is 87.4 Å². The van der Waals surface area contributed by atoms with Gasteiger partial charge >= 0.3 is 0 Å². The number of carbonyl (C=O) groups is 1. The van der Waals surface area contributed by atoms with Crippen LogP contribution in [0.15, 0.2) is 0 Å². The largest absolute Gasteiger partial charge is 0.383 e. The molecule has 0 rings (SSSR count). The molecule has 0 spiro atoms. The van der Waals surface area contributed by atoms with Gasteiger partial charge in [-0.25, -0.2) is 0 Å². The second-order valence-corrected chi connectivity index (χ2v) is 4.66. The summed E-state index contributed by atoms with van der Waals surface area (Å²) < 4.78 is 5.07. The number of nitrogens with zero attached hydrogens (tertiary/aromatic N) is 1. The van der Waals surface area contributed by atoms with Crippen LogP contribution in [0.4, 0.5) is 0 Å². The zero-order valence-electron chi connectivity index (χ0n) is 10.3. The van der Waals surface area contributed by atoms with Gasteiger partial charge in [0, 0.05) is 25.1 Å². The third-order valence-corrected chi connectivity index (χ3v) is 2.76. The number of likely N-dealkylation sites (N-methyl/N-ethyl adjacent to an activating group) is 1. The van der Waals surface area contributed by atoms with Crippen molar-refractivity contribution in [3.8, 4) is 0 Å². The Morgan fingerprint density at radius 3 is 2.36 bits per heavy atom. The predicted octanol–water partition coefficient (Wildman–Crippen LogP) is 1.57. The number of ketones is 1. The number of Topliss-reactive ketones (excluding diaryl/α,β-unsaturated/α-hetero) is 1. The van der Waals surface area contributed by atoms with Crippen LogP contribution in [0.25, 0.3) is 0 Å². The highest BCUT2D eigenvalue weighted by Gasteiger charge is 2.26. The molecule has 0 bridgehead atoms. The van der Waals surface area contributed by atoms with Gasteiger partial charge in [0.05, 0.1) is 6.61 Å². The number of methoxy groups -OCH3 is 1. The number of hydrogen-bond acceptors (Lipinski definition) is 3. The fourth-order valence-electron chi connectivity index (χ4n) is 1.26. The van der Waals surface area contributed by atoms with Crippen molar-refractivity contribution >= 4 is 5.78 Å². The summed E-state index contributed by atoms with van der Waals surface area (Å²) in [5.41, 5.74) is -0.267. The first-order valence-electron chi connectivity index (χ1n) is 5.01. The van der Waals surface area contributed by atoms with Gasteiger partial charge < -0.3 is 9.64 Å². The van der Waals surface area contributed by atoms with E-state index in [1.165, 1.54) is 0 Å². The van der Waals surface area contributed by atoms with Gasteiger partial charge in [-0.05, 0) is 20.9 Å². The molecule has 14 heavy (non-hydrogen) atoms. The summed E-state index contributed by atoms with van der Waals surface area (Å²) in [6.07, 6.45) is 0. The standard InChI is InChI=1S/C11H23NO2/c1-9(7-14-6)12(5)8-11(3,4)10(2)13/h9H,7-8H2,1-6H3. The van der Waals surface area contributed by atoms with E-state index >= 15 is 0 Å². The van der Waals surface area contributed by atoms with E-state index in [0.717, 1.165) is 6.54 Å². The van der Waals surface area contributed by atoms with Gasteiger partial charge in [-0.1, -0.05) is 13.8 Å².